The second kappa shape index (κ2) is 3.23. The molecule has 0 radical (unpaired) electrons. The number of nitrogens with zero attached hydrogens (tertiary/aromatic N) is 1. The maximum absolute atomic E-state index is 3.41. The van der Waals surface area contributed by atoms with E-state index in [0.717, 1.165) is 11.5 Å². The van der Waals surface area contributed by atoms with E-state index >= 15 is 0 Å². The summed E-state index contributed by atoms with van der Waals surface area (Å²) in [6, 6.07) is 0.996. The van der Waals surface area contributed by atoms with Gasteiger partial charge in [0.05, 0.1) is 0 Å². The molecule has 76 valence electrons. The largest absolute Gasteiger partial charge is 0.344 e. The van der Waals surface area contributed by atoms with Crippen molar-refractivity contribution in [3.63, 3.8) is 0 Å². The zero-order valence-electron chi connectivity index (χ0n) is 8.39. The van der Waals surface area contributed by atoms with E-state index in [4.69, 9.17) is 0 Å². The lowest BCUT2D eigenvalue weighted by Gasteiger charge is -2.48. The van der Waals surface area contributed by atoms with E-state index in [9.17, 15) is 0 Å². The van der Waals surface area contributed by atoms with Crippen LogP contribution in [-0.2, 0) is 0 Å². The number of likely N-dealkylation sites (tertiary alicyclic amines) is 1. The molecule has 2 saturated heterocycles. The first kappa shape index (κ1) is 9.44. The molecule has 2 aliphatic heterocycles. The van der Waals surface area contributed by atoms with E-state index in [-0.39, 0.29) is 6.15 Å². The number of hydrogen-bond donors (Lipinski definition) is 2. The van der Waals surface area contributed by atoms with E-state index < -0.39 is 0 Å². The first-order valence-electron chi connectivity index (χ1n) is 5.33. The Bertz CT molecular complexity index is 175. The third kappa shape index (κ3) is 1.60. The topological polar surface area (TPSA) is 50.3 Å². The van der Waals surface area contributed by atoms with E-state index in [2.05, 4.69) is 10.2 Å². The van der Waals surface area contributed by atoms with Gasteiger partial charge in [0.15, 0.2) is 0 Å². The van der Waals surface area contributed by atoms with Gasteiger partial charge in [-0.05, 0) is 44.2 Å². The van der Waals surface area contributed by atoms with Crippen LogP contribution in [0.5, 0.6) is 0 Å². The number of hydrogen-bond acceptors (Lipinski definition) is 3. The van der Waals surface area contributed by atoms with Crippen LogP contribution in [0.4, 0.5) is 0 Å². The standard InChI is InChI=1S/C10H18N2.H3N/c1-2-9(1)12-5-3-10(4-6-12)7-11-8-10;/h9,11H,1-8H2;1H3. The molecule has 3 aliphatic rings. The van der Waals surface area contributed by atoms with Crippen LogP contribution in [0, 0.1) is 5.41 Å². The molecule has 0 aromatic carbocycles. The average molecular weight is 183 g/mol. The van der Waals surface area contributed by atoms with Crippen molar-refractivity contribution in [2.75, 3.05) is 26.2 Å². The molecule has 3 rings (SSSR count). The second-order valence-electron chi connectivity index (χ2n) is 4.87. The lowest BCUT2D eigenvalue weighted by Crippen LogP contribution is -2.58. The number of rotatable bonds is 1. The van der Waals surface area contributed by atoms with Gasteiger partial charge in [-0.2, -0.15) is 0 Å². The molecule has 0 unspecified atom stereocenters. The van der Waals surface area contributed by atoms with Crippen LogP contribution >= 0.6 is 0 Å². The summed E-state index contributed by atoms with van der Waals surface area (Å²) in [5.74, 6) is 0. The van der Waals surface area contributed by atoms with Gasteiger partial charge in [0.1, 0.15) is 0 Å². The predicted octanol–water partition coefficient (Wildman–Crippen LogP) is 0.996. The summed E-state index contributed by atoms with van der Waals surface area (Å²) >= 11 is 0. The molecule has 1 saturated carbocycles. The predicted molar refractivity (Wildman–Crippen MR) is 54.2 cm³/mol. The summed E-state index contributed by atoms with van der Waals surface area (Å²) in [6.45, 7) is 5.36. The zero-order chi connectivity index (χ0) is 8.02. The molecule has 1 aliphatic carbocycles. The summed E-state index contributed by atoms with van der Waals surface area (Å²) in [7, 11) is 0. The molecule has 3 nitrogen and oxygen atoms in total. The Morgan fingerprint density at radius 1 is 1.08 bits per heavy atom. The summed E-state index contributed by atoms with van der Waals surface area (Å²) < 4.78 is 0. The van der Waals surface area contributed by atoms with E-state index in [1.807, 2.05) is 0 Å². The van der Waals surface area contributed by atoms with E-state index in [1.165, 1.54) is 51.9 Å². The van der Waals surface area contributed by atoms with Gasteiger partial charge in [-0.25, -0.2) is 0 Å². The SMILES string of the molecule is C1CC1N1CCC2(CC1)CNC2.N. The molecule has 0 aromatic rings. The Hall–Kier alpha value is -0.120. The van der Waals surface area contributed by atoms with Crippen molar-refractivity contribution < 1.29 is 0 Å². The molecule has 4 N–H and O–H groups in total. The number of nitrogens with one attached hydrogen (secondary N) is 1. The maximum atomic E-state index is 3.41. The van der Waals surface area contributed by atoms with Crippen LogP contribution in [0.1, 0.15) is 25.7 Å². The first-order chi connectivity index (χ1) is 5.88. The highest BCUT2D eigenvalue weighted by atomic mass is 15.2. The van der Waals surface area contributed by atoms with Crippen LogP contribution in [0.2, 0.25) is 0 Å². The minimum Gasteiger partial charge on any atom is -0.344 e. The van der Waals surface area contributed by atoms with Gasteiger partial charge in [-0.1, -0.05) is 0 Å². The van der Waals surface area contributed by atoms with E-state index in [0.29, 0.717) is 0 Å². The molecule has 3 fully saturated rings. The Morgan fingerprint density at radius 2 is 1.69 bits per heavy atom. The molecule has 0 atom stereocenters. The highest BCUT2D eigenvalue weighted by Crippen LogP contribution is 2.38. The Morgan fingerprint density at radius 3 is 2.08 bits per heavy atom. The maximum Gasteiger partial charge on any atom is 0.00964 e. The summed E-state index contributed by atoms with van der Waals surface area (Å²) in [5, 5.41) is 3.41. The quantitative estimate of drug-likeness (QED) is 0.637. The number of piperidine rings is 1. The van der Waals surface area contributed by atoms with Gasteiger partial charge >= 0.3 is 0 Å². The molecule has 0 aromatic heterocycles. The lowest BCUT2D eigenvalue weighted by atomic mass is 9.73. The fourth-order valence-electron chi connectivity index (χ4n) is 2.64. The minimum absolute atomic E-state index is 0. The fourth-order valence-corrected chi connectivity index (χ4v) is 2.64. The zero-order valence-corrected chi connectivity index (χ0v) is 8.39. The molecule has 2 heterocycles. The van der Waals surface area contributed by atoms with Gasteiger partial charge < -0.3 is 16.4 Å². The first-order valence-corrected chi connectivity index (χ1v) is 5.33. The van der Waals surface area contributed by atoms with Crippen LogP contribution in [0.3, 0.4) is 0 Å². The van der Waals surface area contributed by atoms with Crippen molar-refractivity contribution in [2.24, 2.45) is 5.41 Å². The fraction of sp³-hybridized carbons (Fsp3) is 1.00. The van der Waals surface area contributed by atoms with E-state index in [1.54, 1.807) is 0 Å². The highest BCUT2D eigenvalue weighted by Gasteiger charge is 2.42. The second-order valence-corrected chi connectivity index (χ2v) is 4.87. The molecule has 0 bridgehead atoms. The van der Waals surface area contributed by atoms with Crippen LogP contribution < -0.4 is 11.5 Å². The van der Waals surface area contributed by atoms with Crippen molar-refractivity contribution in [2.45, 2.75) is 31.7 Å². The average Bonchev–Trinajstić information content (AvgIpc) is 2.84. The van der Waals surface area contributed by atoms with Crippen molar-refractivity contribution in [1.29, 1.82) is 0 Å². The van der Waals surface area contributed by atoms with Crippen molar-refractivity contribution in [3.8, 4) is 0 Å². The van der Waals surface area contributed by atoms with Gasteiger partial charge in [0.2, 0.25) is 0 Å². The van der Waals surface area contributed by atoms with Crippen LogP contribution in [-0.4, -0.2) is 37.1 Å². The van der Waals surface area contributed by atoms with Crippen molar-refractivity contribution >= 4 is 0 Å². The van der Waals surface area contributed by atoms with Gasteiger partial charge in [-0.3, -0.25) is 0 Å². The van der Waals surface area contributed by atoms with Crippen molar-refractivity contribution in [3.05, 3.63) is 0 Å². The normalized spacial score (nSPS) is 32.3. The third-order valence-electron chi connectivity index (χ3n) is 3.92. The van der Waals surface area contributed by atoms with Crippen LogP contribution in [0.25, 0.3) is 0 Å². The summed E-state index contributed by atoms with van der Waals surface area (Å²) in [6.07, 6.45) is 5.86. The molecule has 3 heteroatoms. The molecule has 13 heavy (non-hydrogen) atoms. The molecular formula is C10H21N3. The third-order valence-corrected chi connectivity index (χ3v) is 3.92. The highest BCUT2D eigenvalue weighted by molar-refractivity contribution is 4.98. The van der Waals surface area contributed by atoms with Crippen LogP contribution in [0.15, 0.2) is 0 Å². The van der Waals surface area contributed by atoms with Gasteiger partial charge in [-0.15, -0.1) is 0 Å². The monoisotopic (exact) mass is 183 g/mol. The van der Waals surface area contributed by atoms with Gasteiger partial charge in [0, 0.05) is 19.1 Å². The molecule has 1 spiro atoms. The Balaban J connectivity index is 0.000000653. The molecule has 0 amide bonds. The molecular weight excluding hydrogens is 162 g/mol. The smallest absolute Gasteiger partial charge is 0.00964 e. The lowest BCUT2D eigenvalue weighted by molar-refractivity contribution is 0.0518. The summed E-state index contributed by atoms with van der Waals surface area (Å²) in [4.78, 5) is 2.71. The summed E-state index contributed by atoms with van der Waals surface area (Å²) in [5.41, 5.74) is 0.741. The van der Waals surface area contributed by atoms with Gasteiger partial charge in [0.25, 0.3) is 0 Å². The van der Waals surface area contributed by atoms with Crippen molar-refractivity contribution in [1.82, 2.24) is 16.4 Å². The Labute approximate surface area is 80.5 Å². The Kier molecular flexibility index (Phi) is 2.34. The minimum atomic E-state index is 0.